The third kappa shape index (κ3) is 4.44. The van der Waals surface area contributed by atoms with Crippen molar-refractivity contribution in [3.8, 4) is 21.9 Å². The van der Waals surface area contributed by atoms with Crippen LogP contribution in [0.1, 0.15) is 27.2 Å². The maximum Gasteiger partial charge on any atom is 0.279 e. The number of thiazole rings is 1. The summed E-state index contributed by atoms with van der Waals surface area (Å²) in [7, 11) is 0. The molecule has 0 unspecified atom stereocenters. The van der Waals surface area contributed by atoms with Crippen LogP contribution in [-0.2, 0) is 11.3 Å². The highest BCUT2D eigenvalue weighted by Crippen LogP contribution is 2.35. The number of nitrogens with zero attached hydrogens (tertiary/aromatic N) is 3. The van der Waals surface area contributed by atoms with E-state index in [1.165, 1.54) is 18.3 Å². The van der Waals surface area contributed by atoms with Gasteiger partial charge in [0.2, 0.25) is 5.91 Å². The summed E-state index contributed by atoms with van der Waals surface area (Å²) in [6.45, 7) is 3.93. The summed E-state index contributed by atoms with van der Waals surface area (Å²) in [6.07, 6.45) is 3.29. The minimum absolute atomic E-state index is 0.0697. The van der Waals surface area contributed by atoms with Crippen molar-refractivity contribution in [3.63, 3.8) is 0 Å². The van der Waals surface area contributed by atoms with Crippen LogP contribution < -0.4 is 10.6 Å². The smallest absolute Gasteiger partial charge is 0.279 e. The second-order valence-electron chi connectivity index (χ2n) is 6.37. The van der Waals surface area contributed by atoms with Gasteiger partial charge < -0.3 is 9.84 Å². The average Bonchev–Trinajstić information content (AvgIpc) is 3.47. The number of anilines is 1. The molecule has 30 heavy (non-hydrogen) atoms. The fourth-order valence-corrected chi connectivity index (χ4v) is 4.57. The van der Waals surface area contributed by atoms with E-state index in [0.717, 1.165) is 25.9 Å². The SMILES string of the molecule is CC(=O)NCc1ccc(-c2nc(NC(=O)c3cc(-c4ccncc4)on3)sc2C)s1. The van der Waals surface area contributed by atoms with Crippen LogP contribution in [0.25, 0.3) is 21.9 Å². The highest BCUT2D eigenvalue weighted by molar-refractivity contribution is 7.18. The number of nitrogens with one attached hydrogen (secondary N) is 2. The molecule has 0 saturated heterocycles. The van der Waals surface area contributed by atoms with Crippen molar-refractivity contribution in [3.05, 3.63) is 58.2 Å². The Morgan fingerprint density at radius 3 is 2.70 bits per heavy atom. The van der Waals surface area contributed by atoms with Crippen molar-refractivity contribution in [2.45, 2.75) is 20.4 Å². The first-order valence-corrected chi connectivity index (χ1v) is 10.6. The summed E-state index contributed by atoms with van der Waals surface area (Å²) in [5, 5.41) is 9.90. The number of carbonyl (C=O) groups excluding carboxylic acids is 2. The molecule has 2 amide bonds. The third-order valence-electron chi connectivity index (χ3n) is 4.13. The predicted octanol–water partition coefficient (Wildman–Crippen LogP) is 4.12. The Bertz CT molecular complexity index is 1200. The molecule has 0 radical (unpaired) electrons. The molecule has 152 valence electrons. The van der Waals surface area contributed by atoms with E-state index in [4.69, 9.17) is 4.52 Å². The van der Waals surface area contributed by atoms with Crippen molar-refractivity contribution < 1.29 is 14.1 Å². The van der Waals surface area contributed by atoms with Gasteiger partial charge in [-0.15, -0.1) is 22.7 Å². The van der Waals surface area contributed by atoms with E-state index >= 15 is 0 Å². The third-order valence-corrected chi connectivity index (χ3v) is 6.11. The second-order valence-corrected chi connectivity index (χ2v) is 8.74. The molecule has 4 aromatic rings. The quantitative estimate of drug-likeness (QED) is 0.468. The maximum absolute atomic E-state index is 12.6. The number of hydrogen-bond donors (Lipinski definition) is 2. The van der Waals surface area contributed by atoms with E-state index in [2.05, 4.69) is 25.8 Å². The Balaban J connectivity index is 1.47. The van der Waals surface area contributed by atoms with Crippen LogP contribution >= 0.6 is 22.7 Å². The largest absolute Gasteiger partial charge is 0.355 e. The van der Waals surface area contributed by atoms with Gasteiger partial charge in [0.15, 0.2) is 16.6 Å². The number of amides is 2. The molecule has 0 bridgehead atoms. The van der Waals surface area contributed by atoms with Crippen molar-refractivity contribution in [1.29, 1.82) is 0 Å². The van der Waals surface area contributed by atoms with Crippen LogP contribution in [0.4, 0.5) is 5.13 Å². The normalized spacial score (nSPS) is 10.7. The standard InChI is InChI=1S/C20H17N5O3S2/c1-11-18(17-4-3-14(30-17)10-22-12(2)26)23-20(29-11)24-19(27)15-9-16(28-25-15)13-5-7-21-8-6-13/h3-9H,10H2,1-2H3,(H,22,26)(H,23,24,27). The molecule has 0 spiro atoms. The Kier molecular flexibility index (Phi) is 5.68. The van der Waals surface area contributed by atoms with Gasteiger partial charge in [-0.1, -0.05) is 5.16 Å². The number of rotatable bonds is 6. The summed E-state index contributed by atoms with van der Waals surface area (Å²) < 4.78 is 5.27. The highest BCUT2D eigenvalue weighted by Gasteiger charge is 2.18. The minimum atomic E-state index is -0.392. The van der Waals surface area contributed by atoms with Crippen LogP contribution in [0, 0.1) is 6.92 Å². The Morgan fingerprint density at radius 2 is 1.93 bits per heavy atom. The van der Waals surface area contributed by atoms with E-state index in [1.54, 1.807) is 41.9 Å². The van der Waals surface area contributed by atoms with Crippen LogP contribution in [0.2, 0.25) is 0 Å². The lowest BCUT2D eigenvalue weighted by Gasteiger charge is -1.97. The van der Waals surface area contributed by atoms with E-state index in [0.29, 0.717) is 17.4 Å². The topological polar surface area (TPSA) is 110 Å². The fourth-order valence-electron chi connectivity index (χ4n) is 2.69. The molecule has 0 atom stereocenters. The average molecular weight is 440 g/mol. The number of hydrogen-bond acceptors (Lipinski definition) is 8. The second kappa shape index (κ2) is 8.56. The van der Waals surface area contributed by atoms with Gasteiger partial charge in [0.05, 0.1) is 17.1 Å². The van der Waals surface area contributed by atoms with Crippen LogP contribution in [0.15, 0.2) is 47.2 Å². The number of aryl methyl sites for hydroxylation is 1. The van der Waals surface area contributed by atoms with E-state index in [1.807, 2.05) is 19.1 Å². The molecule has 0 aliphatic rings. The van der Waals surface area contributed by atoms with Crippen LogP contribution in [-0.4, -0.2) is 26.9 Å². The summed E-state index contributed by atoms with van der Waals surface area (Å²) >= 11 is 2.95. The van der Waals surface area contributed by atoms with Crippen molar-refractivity contribution in [2.75, 3.05) is 5.32 Å². The van der Waals surface area contributed by atoms with E-state index in [-0.39, 0.29) is 11.6 Å². The van der Waals surface area contributed by atoms with Crippen molar-refractivity contribution in [2.24, 2.45) is 0 Å². The first-order chi connectivity index (χ1) is 14.5. The zero-order valence-corrected chi connectivity index (χ0v) is 17.8. The van der Waals surface area contributed by atoms with Gasteiger partial charge in [0.25, 0.3) is 5.91 Å². The van der Waals surface area contributed by atoms with Crippen LogP contribution in [0.5, 0.6) is 0 Å². The fraction of sp³-hybridized carbons (Fsp3) is 0.150. The molecule has 2 N–H and O–H groups in total. The number of carbonyl (C=O) groups is 2. The van der Waals surface area contributed by atoms with Crippen molar-refractivity contribution >= 4 is 39.6 Å². The summed E-state index contributed by atoms with van der Waals surface area (Å²) in [4.78, 5) is 35.1. The Hall–Kier alpha value is -3.37. The lowest BCUT2D eigenvalue weighted by atomic mass is 10.2. The van der Waals surface area contributed by atoms with Gasteiger partial charge in [0, 0.05) is 40.7 Å². The summed E-state index contributed by atoms with van der Waals surface area (Å²) in [5.74, 6) is 0.0282. The van der Waals surface area contributed by atoms with Gasteiger partial charge >= 0.3 is 0 Å². The molecule has 10 heteroatoms. The van der Waals surface area contributed by atoms with Gasteiger partial charge in [0.1, 0.15) is 0 Å². The van der Waals surface area contributed by atoms with Crippen LogP contribution in [0.3, 0.4) is 0 Å². The molecule has 0 aromatic carbocycles. The lowest BCUT2D eigenvalue weighted by Crippen LogP contribution is -2.17. The number of pyridine rings is 1. The molecule has 0 aliphatic carbocycles. The number of aromatic nitrogens is 3. The lowest BCUT2D eigenvalue weighted by molar-refractivity contribution is -0.119. The molecule has 0 fully saturated rings. The maximum atomic E-state index is 12.6. The molecular formula is C20H17N5O3S2. The molecule has 0 aliphatic heterocycles. The van der Waals surface area contributed by atoms with Gasteiger partial charge in [-0.25, -0.2) is 4.98 Å². The monoisotopic (exact) mass is 439 g/mol. The van der Waals surface area contributed by atoms with Crippen molar-refractivity contribution in [1.82, 2.24) is 20.4 Å². The minimum Gasteiger partial charge on any atom is -0.355 e. The Morgan fingerprint density at radius 1 is 1.13 bits per heavy atom. The zero-order chi connectivity index (χ0) is 21.1. The summed E-state index contributed by atoms with van der Waals surface area (Å²) in [5.41, 5.74) is 1.77. The first kappa shape index (κ1) is 19.9. The number of thiophene rings is 1. The predicted molar refractivity (Wildman–Crippen MR) is 115 cm³/mol. The van der Waals surface area contributed by atoms with E-state index < -0.39 is 5.91 Å². The van der Waals surface area contributed by atoms with Gasteiger partial charge in [-0.05, 0) is 31.2 Å². The molecule has 8 nitrogen and oxygen atoms in total. The first-order valence-electron chi connectivity index (χ1n) is 8.99. The molecule has 4 heterocycles. The van der Waals surface area contributed by atoms with E-state index in [9.17, 15) is 9.59 Å². The molecular weight excluding hydrogens is 422 g/mol. The summed E-state index contributed by atoms with van der Waals surface area (Å²) in [6, 6.07) is 9.07. The molecule has 4 aromatic heterocycles. The van der Waals surface area contributed by atoms with Gasteiger partial charge in [-0.3, -0.25) is 19.9 Å². The highest BCUT2D eigenvalue weighted by atomic mass is 32.1. The Labute approximate surface area is 180 Å². The molecule has 4 rings (SSSR count). The molecule has 0 saturated carbocycles. The van der Waals surface area contributed by atoms with Gasteiger partial charge in [-0.2, -0.15) is 0 Å². The zero-order valence-electron chi connectivity index (χ0n) is 16.1.